The van der Waals surface area contributed by atoms with Crippen molar-refractivity contribution in [3.63, 3.8) is 0 Å². The van der Waals surface area contributed by atoms with E-state index in [4.69, 9.17) is 9.47 Å². The number of H-pyrrole nitrogens is 2. The van der Waals surface area contributed by atoms with Crippen molar-refractivity contribution in [1.82, 2.24) is 19.9 Å². The number of nitrogens with one attached hydrogen (secondary N) is 2. The van der Waals surface area contributed by atoms with E-state index in [0.717, 1.165) is 58.1 Å². The van der Waals surface area contributed by atoms with Crippen LogP contribution in [0.1, 0.15) is 11.6 Å². The van der Waals surface area contributed by atoms with E-state index in [-0.39, 0.29) is 0 Å². The van der Waals surface area contributed by atoms with E-state index >= 15 is 0 Å². The predicted molar refractivity (Wildman–Crippen MR) is 92.7 cm³/mol. The van der Waals surface area contributed by atoms with Crippen molar-refractivity contribution in [3.05, 3.63) is 48.0 Å². The Bertz CT molecular complexity index is 921. The molecule has 6 nitrogen and oxygen atoms in total. The van der Waals surface area contributed by atoms with Crippen LogP contribution in [0.4, 0.5) is 0 Å². The lowest BCUT2D eigenvalue weighted by atomic mass is 10.3. The summed E-state index contributed by atoms with van der Waals surface area (Å²) >= 11 is 0. The summed E-state index contributed by atoms with van der Waals surface area (Å²) in [5.74, 6) is 3.53. The highest BCUT2D eigenvalue weighted by molar-refractivity contribution is 5.77. The van der Waals surface area contributed by atoms with Gasteiger partial charge in [0.15, 0.2) is 0 Å². The molecule has 0 radical (unpaired) electrons. The van der Waals surface area contributed by atoms with Crippen LogP contribution in [0.3, 0.4) is 0 Å². The predicted octanol–water partition coefficient (Wildman–Crippen LogP) is 3.24. The zero-order valence-electron chi connectivity index (χ0n) is 13.6. The number of methoxy groups -OCH3 is 2. The first-order chi connectivity index (χ1) is 11.7. The quantitative estimate of drug-likeness (QED) is 0.591. The molecule has 0 aliphatic heterocycles. The summed E-state index contributed by atoms with van der Waals surface area (Å²) in [6.07, 6.45) is 1.57. The van der Waals surface area contributed by atoms with Gasteiger partial charge < -0.3 is 19.4 Å². The summed E-state index contributed by atoms with van der Waals surface area (Å²) in [6, 6.07) is 11.7. The molecule has 0 saturated heterocycles. The van der Waals surface area contributed by atoms with Crippen LogP contribution in [-0.2, 0) is 12.8 Å². The van der Waals surface area contributed by atoms with Gasteiger partial charge in [-0.05, 0) is 24.3 Å². The average molecular weight is 322 g/mol. The van der Waals surface area contributed by atoms with Crippen molar-refractivity contribution in [3.8, 4) is 11.5 Å². The zero-order chi connectivity index (χ0) is 16.5. The molecule has 0 bridgehead atoms. The molecule has 2 heterocycles. The minimum absolute atomic E-state index is 0.786. The molecular formula is C18H18N4O2. The molecule has 4 aromatic rings. The standard InChI is InChI=1S/C18H18N4O2/c1-23-11-3-5-13-15(9-11)21-17(19-13)7-8-18-20-14-6-4-12(24-2)10-16(14)22-18/h3-6,9-10H,7-8H2,1-2H3,(H,19,21)(H,20,22). The number of aromatic amines is 2. The van der Waals surface area contributed by atoms with Crippen LogP contribution in [0.2, 0.25) is 0 Å². The second-order valence-corrected chi connectivity index (χ2v) is 5.63. The Morgan fingerprint density at radius 2 is 1.21 bits per heavy atom. The molecule has 0 aliphatic carbocycles. The Hall–Kier alpha value is -3.02. The molecule has 24 heavy (non-hydrogen) atoms. The van der Waals surface area contributed by atoms with Gasteiger partial charge in [-0.25, -0.2) is 9.97 Å². The van der Waals surface area contributed by atoms with Gasteiger partial charge in [-0.1, -0.05) is 0 Å². The van der Waals surface area contributed by atoms with Gasteiger partial charge >= 0.3 is 0 Å². The van der Waals surface area contributed by atoms with Gasteiger partial charge in [0.25, 0.3) is 0 Å². The van der Waals surface area contributed by atoms with Gasteiger partial charge in [0.05, 0.1) is 36.3 Å². The lowest BCUT2D eigenvalue weighted by Crippen LogP contribution is -1.95. The van der Waals surface area contributed by atoms with Crippen molar-refractivity contribution in [2.75, 3.05) is 14.2 Å². The molecule has 6 heteroatoms. The maximum atomic E-state index is 5.24. The van der Waals surface area contributed by atoms with E-state index in [1.54, 1.807) is 14.2 Å². The third-order valence-electron chi connectivity index (χ3n) is 4.07. The highest BCUT2D eigenvalue weighted by atomic mass is 16.5. The van der Waals surface area contributed by atoms with E-state index in [0.29, 0.717) is 0 Å². The molecule has 0 spiro atoms. The van der Waals surface area contributed by atoms with Gasteiger partial charge in [0.2, 0.25) is 0 Å². The van der Waals surface area contributed by atoms with Crippen LogP contribution >= 0.6 is 0 Å². The van der Waals surface area contributed by atoms with Crippen LogP contribution < -0.4 is 9.47 Å². The number of ether oxygens (including phenoxy) is 2. The smallest absolute Gasteiger partial charge is 0.121 e. The third kappa shape index (κ3) is 2.67. The first-order valence-corrected chi connectivity index (χ1v) is 7.80. The van der Waals surface area contributed by atoms with E-state index < -0.39 is 0 Å². The van der Waals surface area contributed by atoms with Crippen molar-refractivity contribution < 1.29 is 9.47 Å². The molecule has 2 aromatic heterocycles. The van der Waals surface area contributed by atoms with Crippen molar-refractivity contribution in [1.29, 1.82) is 0 Å². The molecule has 4 rings (SSSR count). The number of hydrogen-bond donors (Lipinski definition) is 2. The third-order valence-corrected chi connectivity index (χ3v) is 4.07. The van der Waals surface area contributed by atoms with Crippen molar-refractivity contribution >= 4 is 22.1 Å². The summed E-state index contributed by atoms with van der Waals surface area (Å²) in [5, 5.41) is 0. The normalized spacial score (nSPS) is 11.2. The monoisotopic (exact) mass is 322 g/mol. The van der Waals surface area contributed by atoms with E-state index in [2.05, 4.69) is 19.9 Å². The number of nitrogens with zero attached hydrogens (tertiary/aromatic N) is 2. The number of aromatic nitrogens is 4. The lowest BCUT2D eigenvalue weighted by Gasteiger charge is -1.96. The highest BCUT2D eigenvalue weighted by Crippen LogP contribution is 2.21. The van der Waals surface area contributed by atoms with Gasteiger partial charge in [-0.15, -0.1) is 0 Å². The summed E-state index contributed by atoms with van der Waals surface area (Å²) < 4.78 is 10.5. The van der Waals surface area contributed by atoms with Gasteiger partial charge in [0.1, 0.15) is 23.1 Å². The molecule has 2 N–H and O–H groups in total. The van der Waals surface area contributed by atoms with Gasteiger partial charge in [0, 0.05) is 25.0 Å². The average Bonchev–Trinajstić information content (AvgIpc) is 3.21. The maximum absolute atomic E-state index is 5.24. The second kappa shape index (κ2) is 5.88. The lowest BCUT2D eigenvalue weighted by molar-refractivity contribution is 0.415. The maximum Gasteiger partial charge on any atom is 0.121 e. The number of fused-ring (bicyclic) bond motifs is 2. The largest absolute Gasteiger partial charge is 0.497 e. The first-order valence-electron chi connectivity index (χ1n) is 7.80. The highest BCUT2D eigenvalue weighted by Gasteiger charge is 2.08. The summed E-state index contributed by atoms with van der Waals surface area (Å²) in [6.45, 7) is 0. The van der Waals surface area contributed by atoms with Crippen LogP contribution in [-0.4, -0.2) is 34.2 Å². The molecule has 0 unspecified atom stereocenters. The molecular weight excluding hydrogens is 304 g/mol. The molecule has 2 aromatic carbocycles. The number of hydrogen-bond acceptors (Lipinski definition) is 4. The number of rotatable bonds is 5. The molecule has 0 aliphatic rings. The van der Waals surface area contributed by atoms with Crippen molar-refractivity contribution in [2.24, 2.45) is 0 Å². The topological polar surface area (TPSA) is 75.8 Å². The van der Waals surface area contributed by atoms with E-state index in [1.807, 2.05) is 36.4 Å². The second-order valence-electron chi connectivity index (χ2n) is 5.63. The van der Waals surface area contributed by atoms with Crippen LogP contribution in [0.15, 0.2) is 36.4 Å². The Kier molecular flexibility index (Phi) is 3.57. The fraction of sp³-hybridized carbons (Fsp3) is 0.222. The Morgan fingerprint density at radius 3 is 1.62 bits per heavy atom. The summed E-state index contributed by atoms with van der Waals surface area (Å²) in [4.78, 5) is 15.9. The zero-order valence-corrected chi connectivity index (χ0v) is 13.6. The molecule has 0 saturated carbocycles. The number of imidazole rings is 2. The van der Waals surface area contributed by atoms with Crippen LogP contribution in [0.25, 0.3) is 22.1 Å². The van der Waals surface area contributed by atoms with Crippen molar-refractivity contribution in [2.45, 2.75) is 12.8 Å². The fourth-order valence-electron chi connectivity index (χ4n) is 2.81. The fourth-order valence-corrected chi connectivity index (χ4v) is 2.81. The molecule has 0 atom stereocenters. The number of aryl methyl sites for hydroxylation is 2. The van der Waals surface area contributed by atoms with Crippen LogP contribution in [0.5, 0.6) is 11.5 Å². The minimum Gasteiger partial charge on any atom is -0.497 e. The van der Waals surface area contributed by atoms with Gasteiger partial charge in [-0.3, -0.25) is 0 Å². The van der Waals surface area contributed by atoms with E-state index in [9.17, 15) is 0 Å². The molecule has 0 amide bonds. The molecule has 0 fully saturated rings. The summed E-state index contributed by atoms with van der Waals surface area (Å²) in [7, 11) is 3.32. The van der Waals surface area contributed by atoms with Gasteiger partial charge in [-0.2, -0.15) is 0 Å². The minimum atomic E-state index is 0.786. The Morgan fingerprint density at radius 1 is 0.750 bits per heavy atom. The van der Waals surface area contributed by atoms with E-state index in [1.165, 1.54) is 0 Å². The summed E-state index contributed by atoms with van der Waals surface area (Å²) in [5.41, 5.74) is 3.86. The van der Waals surface area contributed by atoms with Crippen LogP contribution in [0, 0.1) is 0 Å². The Balaban J connectivity index is 1.53. The molecule has 122 valence electrons. The Labute approximate surface area is 138 Å². The first kappa shape index (κ1) is 14.6. The number of benzene rings is 2. The SMILES string of the molecule is COc1ccc2nc(CCc3nc4ccc(OC)cc4[nH]3)[nH]c2c1.